The summed E-state index contributed by atoms with van der Waals surface area (Å²) in [5, 5.41) is 0.717. The van der Waals surface area contributed by atoms with E-state index in [1.807, 2.05) is 38.3 Å². The second kappa shape index (κ2) is 15.8. The van der Waals surface area contributed by atoms with Gasteiger partial charge in [-0.15, -0.1) is 0 Å². The number of amides is 1. The smallest absolute Gasteiger partial charge is 0.265 e. The second-order valence-corrected chi connectivity index (χ2v) is 17.9. The number of carbonyl (C=O) groups is 1. The molecule has 4 aliphatic heterocycles. The van der Waals surface area contributed by atoms with Crippen molar-refractivity contribution in [2.45, 2.75) is 83.0 Å². The number of allylic oxidation sites excluding steroid dienone is 2. The third kappa shape index (κ3) is 7.97. The first kappa shape index (κ1) is 37.4. The number of anilines is 1. The van der Waals surface area contributed by atoms with Crippen LogP contribution in [0, 0.1) is 17.8 Å². The van der Waals surface area contributed by atoms with Crippen molar-refractivity contribution in [2.24, 2.45) is 17.8 Å². The number of hydrogen-bond donors (Lipinski definition) is 1. The number of nitrogens with one attached hydrogen (secondary N) is 1. The lowest BCUT2D eigenvalue weighted by molar-refractivity contribution is -0.1000. The number of carbonyl (C=O) groups excluding carboxylic acids is 1. The van der Waals surface area contributed by atoms with E-state index in [0.717, 1.165) is 87.6 Å². The molecule has 0 spiro atoms. The van der Waals surface area contributed by atoms with Gasteiger partial charge in [-0.25, -0.2) is 13.1 Å². The van der Waals surface area contributed by atoms with Crippen molar-refractivity contribution in [3.05, 3.63) is 81.7 Å². The highest BCUT2D eigenvalue weighted by molar-refractivity contribution is 7.93. The van der Waals surface area contributed by atoms with Gasteiger partial charge in [-0.2, -0.15) is 0 Å². The van der Waals surface area contributed by atoms with E-state index in [0.29, 0.717) is 30.7 Å². The number of halogens is 1. The first-order valence-corrected chi connectivity index (χ1v) is 21.2. The fourth-order valence-electron chi connectivity index (χ4n) is 9.20. The minimum Gasteiger partial charge on any atom is -0.487 e. The van der Waals surface area contributed by atoms with E-state index >= 15 is 0 Å². The maximum Gasteiger partial charge on any atom is 0.265 e. The van der Waals surface area contributed by atoms with Crippen LogP contribution in [0.25, 0.3) is 0 Å². The van der Waals surface area contributed by atoms with Gasteiger partial charge in [0.05, 0.1) is 10.6 Å². The normalized spacial score (nSPS) is 31.0. The molecule has 2 aromatic rings. The predicted octanol–water partition coefficient (Wildman–Crippen LogP) is 6.81. The summed E-state index contributed by atoms with van der Waals surface area (Å²) < 4.78 is 42.5. The van der Waals surface area contributed by atoms with Crippen LogP contribution in [0.4, 0.5) is 5.69 Å². The average molecular weight is 751 g/mol. The SMILES string of the molecule is C=C1[C@@H](C)C/C=C/[C@@](CN2CCN3CCCC[C@@H]3C2)(OC)[C@@H]2CC[C@H]2CN2CCCCc3cc(Cl)ccc3COc3ccc(cc32)C(=O)NS1(=O)=O. The van der Waals surface area contributed by atoms with E-state index in [1.165, 1.54) is 31.4 Å². The third-order valence-electron chi connectivity index (χ3n) is 12.5. The number of aryl methyl sites for hydroxylation is 1. The molecule has 3 fully saturated rings. The summed E-state index contributed by atoms with van der Waals surface area (Å²) in [7, 11) is -2.29. The Balaban J connectivity index is 1.25. The van der Waals surface area contributed by atoms with E-state index < -0.39 is 27.4 Å². The van der Waals surface area contributed by atoms with Crippen LogP contribution >= 0.6 is 11.6 Å². The van der Waals surface area contributed by atoms with Crippen LogP contribution in [-0.4, -0.2) is 88.7 Å². The lowest BCUT2D eigenvalue weighted by Crippen LogP contribution is -2.61. The molecule has 4 heterocycles. The minimum absolute atomic E-state index is 0.00508. The first-order chi connectivity index (χ1) is 25.0. The molecule has 2 aromatic carbocycles. The summed E-state index contributed by atoms with van der Waals surface area (Å²) >= 11 is 6.41. The van der Waals surface area contributed by atoms with Crippen molar-refractivity contribution in [1.29, 1.82) is 0 Å². The number of methoxy groups -OCH3 is 1. The number of piperidine rings is 1. The molecule has 0 aromatic heterocycles. The van der Waals surface area contributed by atoms with Gasteiger partial charge >= 0.3 is 0 Å². The van der Waals surface area contributed by atoms with Crippen molar-refractivity contribution in [1.82, 2.24) is 14.5 Å². The number of piperazine rings is 1. The molecule has 1 amide bonds. The molecule has 1 N–H and O–H groups in total. The molecule has 52 heavy (non-hydrogen) atoms. The highest BCUT2D eigenvalue weighted by atomic mass is 35.5. The number of ether oxygens (including phenoxy) is 2. The van der Waals surface area contributed by atoms with Crippen molar-refractivity contribution in [3.63, 3.8) is 0 Å². The van der Waals surface area contributed by atoms with E-state index in [-0.39, 0.29) is 16.4 Å². The molecular weight excluding hydrogens is 696 g/mol. The van der Waals surface area contributed by atoms with Gasteiger partial charge in [0, 0.05) is 63.0 Å². The molecule has 282 valence electrons. The molecule has 5 atom stereocenters. The molecule has 9 nitrogen and oxygen atoms in total. The summed E-state index contributed by atoms with van der Waals surface area (Å²) in [6, 6.07) is 11.8. The van der Waals surface area contributed by atoms with Crippen molar-refractivity contribution in [3.8, 4) is 5.75 Å². The summed E-state index contributed by atoms with van der Waals surface area (Å²) in [6.07, 6.45) is 13.6. The van der Waals surface area contributed by atoms with Crippen LogP contribution in [0.5, 0.6) is 5.75 Å². The fourth-order valence-corrected chi connectivity index (χ4v) is 10.5. The van der Waals surface area contributed by atoms with Gasteiger partial charge in [-0.3, -0.25) is 14.6 Å². The summed E-state index contributed by atoms with van der Waals surface area (Å²) in [6.45, 7) is 12.9. The zero-order chi connectivity index (χ0) is 36.5. The molecule has 11 heteroatoms. The van der Waals surface area contributed by atoms with Crippen LogP contribution in [0.15, 0.2) is 60.0 Å². The van der Waals surface area contributed by atoms with Gasteiger partial charge in [0.1, 0.15) is 18.0 Å². The molecule has 0 unspecified atom stereocenters. The molecule has 2 saturated heterocycles. The molecule has 5 aliphatic rings. The Kier molecular flexibility index (Phi) is 11.4. The minimum atomic E-state index is -4.14. The zero-order valence-electron chi connectivity index (χ0n) is 30.8. The van der Waals surface area contributed by atoms with Gasteiger partial charge in [0.25, 0.3) is 15.9 Å². The number of rotatable bonds is 3. The van der Waals surface area contributed by atoms with Gasteiger partial charge < -0.3 is 14.4 Å². The summed E-state index contributed by atoms with van der Waals surface area (Å²) in [4.78, 5) is 21.2. The highest BCUT2D eigenvalue weighted by Gasteiger charge is 2.49. The van der Waals surface area contributed by atoms with Crippen LogP contribution in [0.2, 0.25) is 5.02 Å². The quantitative estimate of drug-likeness (QED) is 0.343. The topological polar surface area (TPSA) is 91.4 Å². The molecule has 0 radical (unpaired) electrons. The van der Waals surface area contributed by atoms with E-state index in [2.05, 4.69) is 38.2 Å². The van der Waals surface area contributed by atoms with Gasteiger partial charge in [0.15, 0.2) is 0 Å². The number of benzene rings is 2. The monoisotopic (exact) mass is 750 g/mol. The Bertz CT molecular complexity index is 1780. The number of hydrogen-bond acceptors (Lipinski definition) is 8. The third-order valence-corrected chi connectivity index (χ3v) is 14.3. The zero-order valence-corrected chi connectivity index (χ0v) is 32.4. The van der Waals surface area contributed by atoms with Gasteiger partial charge in [-0.1, -0.05) is 49.7 Å². The summed E-state index contributed by atoms with van der Waals surface area (Å²) in [5.74, 6) is 0.217. The van der Waals surface area contributed by atoms with E-state index in [1.54, 1.807) is 12.1 Å². The van der Waals surface area contributed by atoms with Gasteiger partial charge in [-0.05, 0) is 117 Å². The molecule has 2 bridgehead atoms. The largest absolute Gasteiger partial charge is 0.487 e. The van der Waals surface area contributed by atoms with Crippen LogP contribution in [-0.2, 0) is 27.8 Å². The van der Waals surface area contributed by atoms with E-state index in [4.69, 9.17) is 21.1 Å². The highest BCUT2D eigenvalue weighted by Crippen LogP contribution is 2.47. The second-order valence-electron chi connectivity index (χ2n) is 15.8. The number of nitrogens with zero attached hydrogens (tertiary/aromatic N) is 3. The lowest BCUT2D eigenvalue weighted by Gasteiger charge is -2.53. The molecular formula is C41H55ClN4O5S. The standard InChI is InChI=1S/C41H55ClN4O5S/c1-29-9-8-18-41(50-3,28-44-21-22-45-19-7-5-11-36(45)26-44)37-16-13-33(37)25-46-20-6-4-10-31-23-35(42)15-12-34(31)27-51-39-17-14-32(24-38(39)46)40(47)43-52(48,49)30(29)2/h8,12,14-15,17-18,23-24,29,33,36-37H,2,4-7,9-11,13,16,19-22,25-28H2,1,3H3,(H,43,47)/b18-8+/t29-,33-,36+,37+,41-/m0/s1. The Labute approximate surface area is 315 Å². The van der Waals surface area contributed by atoms with Crippen molar-refractivity contribution in [2.75, 3.05) is 57.8 Å². The Hall–Kier alpha value is -2.89. The Morgan fingerprint density at radius 2 is 1.85 bits per heavy atom. The van der Waals surface area contributed by atoms with Crippen LogP contribution in [0.3, 0.4) is 0 Å². The fraction of sp³-hybridized carbons (Fsp3) is 0.585. The lowest BCUT2D eigenvalue weighted by atomic mass is 9.63. The van der Waals surface area contributed by atoms with Crippen molar-refractivity contribution < 1.29 is 22.7 Å². The maximum absolute atomic E-state index is 13.6. The Morgan fingerprint density at radius 1 is 1.00 bits per heavy atom. The van der Waals surface area contributed by atoms with Crippen LogP contribution in [0.1, 0.15) is 79.8 Å². The first-order valence-electron chi connectivity index (χ1n) is 19.3. The van der Waals surface area contributed by atoms with Crippen LogP contribution < -0.4 is 14.4 Å². The predicted molar refractivity (Wildman–Crippen MR) is 207 cm³/mol. The summed E-state index contributed by atoms with van der Waals surface area (Å²) in [5.41, 5.74) is 2.82. The van der Waals surface area contributed by atoms with Crippen molar-refractivity contribution >= 4 is 33.2 Å². The molecule has 7 rings (SSSR count). The number of fused-ring (bicyclic) bond motifs is 4. The average Bonchev–Trinajstić information content (AvgIpc) is 3.15. The Morgan fingerprint density at radius 3 is 2.65 bits per heavy atom. The molecule has 1 saturated carbocycles. The van der Waals surface area contributed by atoms with Gasteiger partial charge in [0.2, 0.25) is 0 Å². The molecule has 1 aliphatic carbocycles. The number of sulfonamides is 1. The van der Waals surface area contributed by atoms with E-state index in [9.17, 15) is 13.2 Å². The maximum atomic E-state index is 13.6.